The maximum absolute atomic E-state index is 10.8. The molecule has 0 aromatic heterocycles. The first-order valence-electron chi connectivity index (χ1n) is 4.52. The lowest BCUT2D eigenvalue weighted by molar-refractivity contribution is -0.383. The molecule has 0 radical (unpaired) electrons. The maximum Gasteiger partial charge on any atom is 0.314 e. The number of carbonyl (C=O) groups excluding carboxylic acids is 1. The average Bonchev–Trinajstić information content (AvgIpc) is 2.16. The number of amides is 1. The van der Waals surface area contributed by atoms with Crippen LogP contribution < -0.4 is 16.8 Å². The summed E-state index contributed by atoms with van der Waals surface area (Å²) in [5, 5.41) is 13.4. The highest BCUT2D eigenvalue weighted by Gasteiger charge is 2.20. The number of benzene rings is 1. The number of anilines is 2. The summed E-state index contributed by atoms with van der Waals surface area (Å²) in [7, 11) is 0. The Morgan fingerprint density at radius 2 is 2.19 bits per heavy atom. The number of carbonyl (C=O) groups is 1. The Hall–Kier alpha value is -2.31. The van der Waals surface area contributed by atoms with E-state index in [0.717, 1.165) is 0 Å². The quantitative estimate of drug-likeness (QED) is 0.389. The monoisotopic (exact) mass is 224 g/mol. The normalized spacial score (nSPS) is 11.8. The fourth-order valence-electron chi connectivity index (χ4n) is 1.19. The van der Waals surface area contributed by atoms with Gasteiger partial charge in [0.05, 0.1) is 4.92 Å². The number of rotatable bonds is 4. The van der Waals surface area contributed by atoms with Gasteiger partial charge < -0.3 is 16.8 Å². The molecule has 0 aliphatic carbocycles. The van der Waals surface area contributed by atoms with Crippen LogP contribution in [0.2, 0.25) is 0 Å². The number of primary amides is 1. The predicted octanol–water partition coefficient (Wildman–Crippen LogP) is 0.463. The van der Waals surface area contributed by atoms with Gasteiger partial charge in [-0.05, 0) is 19.1 Å². The van der Waals surface area contributed by atoms with Gasteiger partial charge in [-0.1, -0.05) is 6.07 Å². The predicted molar refractivity (Wildman–Crippen MR) is 59.8 cm³/mol. The van der Waals surface area contributed by atoms with E-state index in [9.17, 15) is 14.9 Å². The fraction of sp³-hybridized carbons (Fsp3) is 0.222. The average molecular weight is 224 g/mol. The van der Waals surface area contributed by atoms with Gasteiger partial charge in [0.2, 0.25) is 5.91 Å². The lowest BCUT2D eigenvalue weighted by Gasteiger charge is -2.12. The molecule has 0 saturated carbocycles. The molecule has 1 atom stereocenters. The van der Waals surface area contributed by atoms with E-state index in [-0.39, 0.29) is 17.1 Å². The van der Waals surface area contributed by atoms with Crippen molar-refractivity contribution in [3.63, 3.8) is 0 Å². The number of nitrogens with two attached hydrogens (primary N) is 2. The molecule has 1 aromatic rings. The molecule has 0 aliphatic heterocycles. The van der Waals surface area contributed by atoms with E-state index < -0.39 is 16.9 Å². The third-order valence-electron chi connectivity index (χ3n) is 2.05. The first-order valence-corrected chi connectivity index (χ1v) is 4.52. The minimum Gasteiger partial charge on any atom is -0.393 e. The lowest BCUT2D eigenvalue weighted by Crippen LogP contribution is -2.32. The van der Waals surface area contributed by atoms with Gasteiger partial charge in [0.25, 0.3) is 0 Å². The standard InChI is InChI=1S/C9H12N4O3/c1-5(9(11)14)12-7-4-2-3-6(10)8(7)13(15)16/h2-5,12H,10H2,1H3,(H2,11,14). The first kappa shape index (κ1) is 11.8. The molecule has 1 amide bonds. The van der Waals surface area contributed by atoms with E-state index >= 15 is 0 Å². The Bertz CT molecular complexity index is 433. The van der Waals surface area contributed by atoms with Crippen LogP contribution in [0.5, 0.6) is 0 Å². The molecule has 1 aromatic carbocycles. The van der Waals surface area contributed by atoms with Crippen LogP contribution in [0.15, 0.2) is 18.2 Å². The molecule has 7 heteroatoms. The maximum atomic E-state index is 10.8. The Morgan fingerprint density at radius 1 is 1.56 bits per heavy atom. The molecular weight excluding hydrogens is 212 g/mol. The Kier molecular flexibility index (Phi) is 3.29. The minimum atomic E-state index is -0.708. The zero-order valence-electron chi connectivity index (χ0n) is 8.64. The SMILES string of the molecule is CC(Nc1cccc(N)c1[N+](=O)[O-])C(N)=O. The summed E-state index contributed by atoms with van der Waals surface area (Å²) < 4.78 is 0. The molecule has 1 unspecified atom stereocenters. The number of para-hydroxylation sites is 1. The van der Waals surface area contributed by atoms with Gasteiger partial charge in [-0.15, -0.1) is 0 Å². The van der Waals surface area contributed by atoms with E-state index in [4.69, 9.17) is 11.5 Å². The van der Waals surface area contributed by atoms with Crippen molar-refractivity contribution in [3.8, 4) is 0 Å². The Morgan fingerprint density at radius 3 is 2.69 bits per heavy atom. The molecule has 0 saturated heterocycles. The van der Waals surface area contributed by atoms with E-state index in [2.05, 4.69) is 5.32 Å². The number of hydrogen-bond donors (Lipinski definition) is 3. The zero-order valence-corrected chi connectivity index (χ0v) is 8.64. The van der Waals surface area contributed by atoms with Gasteiger partial charge in [0.1, 0.15) is 17.4 Å². The molecule has 7 nitrogen and oxygen atoms in total. The van der Waals surface area contributed by atoms with E-state index in [0.29, 0.717) is 0 Å². The van der Waals surface area contributed by atoms with Crippen molar-refractivity contribution in [1.29, 1.82) is 0 Å². The number of nitrogens with zero attached hydrogens (tertiary/aromatic N) is 1. The van der Waals surface area contributed by atoms with E-state index in [1.54, 1.807) is 6.07 Å². The smallest absolute Gasteiger partial charge is 0.314 e. The number of nitro groups is 1. The van der Waals surface area contributed by atoms with E-state index in [1.165, 1.54) is 19.1 Å². The highest BCUT2D eigenvalue weighted by molar-refractivity contribution is 5.85. The van der Waals surface area contributed by atoms with Crippen LogP contribution >= 0.6 is 0 Å². The summed E-state index contributed by atoms with van der Waals surface area (Å²) in [6, 6.07) is 3.73. The van der Waals surface area contributed by atoms with Gasteiger partial charge in [0.15, 0.2) is 0 Å². The van der Waals surface area contributed by atoms with Gasteiger partial charge in [-0.2, -0.15) is 0 Å². The third kappa shape index (κ3) is 2.38. The molecule has 0 spiro atoms. The summed E-state index contributed by atoms with van der Waals surface area (Å²) in [5.41, 5.74) is 10.5. The van der Waals surface area contributed by atoms with Crippen LogP contribution in [0, 0.1) is 10.1 Å². The van der Waals surface area contributed by atoms with Crippen LogP contribution in [0.4, 0.5) is 17.1 Å². The van der Waals surface area contributed by atoms with Crippen molar-refractivity contribution in [2.24, 2.45) is 5.73 Å². The van der Waals surface area contributed by atoms with Crippen molar-refractivity contribution >= 4 is 23.0 Å². The Balaban J connectivity index is 3.09. The van der Waals surface area contributed by atoms with Crippen molar-refractivity contribution in [1.82, 2.24) is 0 Å². The second-order valence-electron chi connectivity index (χ2n) is 3.27. The van der Waals surface area contributed by atoms with Gasteiger partial charge in [-0.25, -0.2) is 0 Å². The zero-order chi connectivity index (χ0) is 12.3. The molecular formula is C9H12N4O3. The number of hydrogen-bond acceptors (Lipinski definition) is 5. The number of nitrogen functional groups attached to an aromatic ring is 1. The molecule has 1 rings (SSSR count). The molecule has 0 heterocycles. The summed E-state index contributed by atoms with van der Waals surface area (Å²) in [4.78, 5) is 21.0. The number of nitro benzene ring substituents is 1. The largest absolute Gasteiger partial charge is 0.393 e. The molecule has 86 valence electrons. The van der Waals surface area contributed by atoms with Crippen LogP contribution in [-0.4, -0.2) is 16.9 Å². The van der Waals surface area contributed by atoms with Crippen molar-refractivity contribution in [2.45, 2.75) is 13.0 Å². The molecule has 5 N–H and O–H groups in total. The van der Waals surface area contributed by atoms with Gasteiger partial charge in [0, 0.05) is 0 Å². The second-order valence-corrected chi connectivity index (χ2v) is 3.27. The highest BCUT2D eigenvalue weighted by atomic mass is 16.6. The van der Waals surface area contributed by atoms with Crippen molar-refractivity contribution in [3.05, 3.63) is 28.3 Å². The van der Waals surface area contributed by atoms with Gasteiger partial charge >= 0.3 is 5.69 Å². The van der Waals surface area contributed by atoms with Crippen LogP contribution in [0.1, 0.15) is 6.92 Å². The van der Waals surface area contributed by atoms with E-state index in [1.807, 2.05) is 0 Å². The Labute approximate surface area is 91.6 Å². The highest BCUT2D eigenvalue weighted by Crippen LogP contribution is 2.30. The van der Waals surface area contributed by atoms with Crippen molar-refractivity contribution in [2.75, 3.05) is 11.1 Å². The summed E-state index contributed by atoms with van der Waals surface area (Å²) in [5.74, 6) is -0.600. The van der Waals surface area contributed by atoms with Crippen LogP contribution in [0.25, 0.3) is 0 Å². The van der Waals surface area contributed by atoms with Crippen LogP contribution in [-0.2, 0) is 4.79 Å². The summed E-state index contributed by atoms with van der Waals surface area (Å²) in [6.45, 7) is 1.51. The molecule has 0 aliphatic rings. The topological polar surface area (TPSA) is 124 Å². The lowest BCUT2D eigenvalue weighted by atomic mass is 10.2. The fourth-order valence-corrected chi connectivity index (χ4v) is 1.19. The van der Waals surface area contributed by atoms with Gasteiger partial charge in [-0.3, -0.25) is 14.9 Å². The first-order chi connectivity index (χ1) is 7.43. The molecule has 0 fully saturated rings. The minimum absolute atomic E-state index is 0.0340. The second kappa shape index (κ2) is 4.47. The number of nitrogens with one attached hydrogen (secondary N) is 1. The van der Waals surface area contributed by atoms with Crippen molar-refractivity contribution < 1.29 is 9.72 Å². The molecule has 16 heavy (non-hydrogen) atoms. The van der Waals surface area contributed by atoms with Crippen LogP contribution in [0.3, 0.4) is 0 Å². The third-order valence-corrected chi connectivity index (χ3v) is 2.05. The summed E-state index contributed by atoms with van der Waals surface area (Å²) >= 11 is 0. The molecule has 0 bridgehead atoms. The summed E-state index contributed by atoms with van der Waals surface area (Å²) in [6.07, 6.45) is 0.